The molecule has 5 rings (SSSR count). The number of furan rings is 2. The van der Waals surface area contributed by atoms with Crippen LogP contribution in [-0.4, -0.2) is 17.9 Å². The Morgan fingerprint density at radius 2 is 1.61 bits per heavy atom. The molecule has 1 aliphatic heterocycles. The molecule has 1 atom stereocenters. The van der Waals surface area contributed by atoms with Crippen LogP contribution in [0.2, 0.25) is 0 Å². The summed E-state index contributed by atoms with van der Waals surface area (Å²) in [7, 11) is 0. The standard InChI is InChI=1S/C26H23N3O4/c1-17-15-18-5-2-3-6-22(18)29(17)16-24-21(12-14-33-24)25(30)27-19-8-10-20(11-9-19)28-26(31)23-7-4-13-32-23/h2-14,17H,15-16H2,1H3,(H,27,30)(H,28,31). The first-order valence-corrected chi connectivity index (χ1v) is 10.8. The molecule has 0 radical (unpaired) electrons. The molecule has 0 saturated carbocycles. The summed E-state index contributed by atoms with van der Waals surface area (Å²) in [6.07, 6.45) is 3.96. The lowest BCUT2D eigenvalue weighted by molar-refractivity contribution is 0.0994. The molecule has 0 bridgehead atoms. The van der Waals surface area contributed by atoms with Crippen LogP contribution in [-0.2, 0) is 13.0 Å². The first-order valence-electron chi connectivity index (χ1n) is 10.8. The molecule has 0 fully saturated rings. The zero-order chi connectivity index (χ0) is 22.8. The molecule has 2 amide bonds. The van der Waals surface area contributed by atoms with Gasteiger partial charge in [0.05, 0.1) is 24.6 Å². The van der Waals surface area contributed by atoms with Crippen molar-refractivity contribution in [3.05, 3.63) is 102 Å². The molecular formula is C26H23N3O4. The number of anilines is 3. The molecular weight excluding hydrogens is 418 g/mol. The number of carbonyl (C=O) groups is 2. The van der Waals surface area contributed by atoms with Crippen molar-refractivity contribution in [1.29, 1.82) is 0 Å². The number of benzene rings is 2. The van der Waals surface area contributed by atoms with Gasteiger partial charge in [0, 0.05) is 23.1 Å². The van der Waals surface area contributed by atoms with Crippen LogP contribution in [0.4, 0.5) is 17.1 Å². The first kappa shape index (κ1) is 20.6. The minimum Gasteiger partial charge on any atom is -0.467 e. The highest BCUT2D eigenvalue weighted by atomic mass is 16.3. The number of hydrogen-bond acceptors (Lipinski definition) is 5. The molecule has 4 aromatic rings. The summed E-state index contributed by atoms with van der Waals surface area (Å²) in [4.78, 5) is 27.3. The number of amides is 2. The molecule has 166 valence electrons. The first-order chi connectivity index (χ1) is 16.1. The van der Waals surface area contributed by atoms with Crippen molar-refractivity contribution in [3.63, 3.8) is 0 Å². The highest BCUT2D eigenvalue weighted by Gasteiger charge is 2.28. The molecule has 0 aliphatic carbocycles. The molecule has 2 aromatic heterocycles. The van der Waals surface area contributed by atoms with Gasteiger partial charge in [0.2, 0.25) is 0 Å². The molecule has 3 heterocycles. The van der Waals surface area contributed by atoms with Gasteiger partial charge in [0.25, 0.3) is 11.8 Å². The Hall–Kier alpha value is -4.26. The van der Waals surface area contributed by atoms with E-state index >= 15 is 0 Å². The van der Waals surface area contributed by atoms with Gasteiger partial charge >= 0.3 is 0 Å². The van der Waals surface area contributed by atoms with E-state index in [0.717, 1.165) is 6.42 Å². The van der Waals surface area contributed by atoms with Crippen molar-refractivity contribution < 1.29 is 18.4 Å². The zero-order valence-electron chi connectivity index (χ0n) is 18.1. The summed E-state index contributed by atoms with van der Waals surface area (Å²) in [5.41, 5.74) is 4.20. The molecule has 0 spiro atoms. The normalized spacial score (nSPS) is 14.7. The van der Waals surface area contributed by atoms with E-state index in [-0.39, 0.29) is 17.6 Å². The van der Waals surface area contributed by atoms with E-state index in [2.05, 4.69) is 40.7 Å². The molecule has 2 N–H and O–H groups in total. The highest BCUT2D eigenvalue weighted by Crippen LogP contribution is 2.33. The fraction of sp³-hybridized carbons (Fsp3) is 0.154. The van der Waals surface area contributed by atoms with Gasteiger partial charge in [0.15, 0.2) is 5.76 Å². The molecule has 1 unspecified atom stereocenters. The Bertz CT molecular complexity index is 1280. The predicted octanol–water partition coefficient (Wildman–Crippen LogP) is 5.33. The van der Waals surface area contributed by atoms with E-state index in [1.54, 1.807) is 48.7 Å². The van der Waals surface area contributed by atoms with Crippen molar-refractivity contribution >= 4 is 28.9 Å². The monoisotopic (exact) mass is 441 g/mol. The lowest BCUT2D eigenvalue weighted by Crippen LogP contribution is -2.29. The number of hydrogen-bond donors (Lipinski definition) is 2. The largest absolute Gasteiger partial charge is 0.467 e. The van der Waals surface area contributed by atoms with Crippen molar-refractivity contribution in [2.45, 2.75) is 25.9 Å². The second kappa shape index (κ2) is 8.70. The summed E-state index contributed by atoms with van der Waals surface area (Å²) < 4.78 is 10.8. The highest BCUT2D eigenvalue weighted by molar-refractivity contribution is 6.05. The Morgan fingerprint density at radius 3 is 2.33 bits per heavy atom. The van der Waals surface area contributed by atoms with Crippen LogP contribution in [0.1, 0.15) is 39.2 Å². The van der Waals surface area contributed by atoms with Gasteiger partial charge in [-0.3, -0.25) is 9.59 Å². The third-order valence-electron chi connectivity index (χ3n) is 5.80. The second-order valence-corrected chi connectivity index (χ2v) is 8.03. The van der Waals surface area contributed by atoms with Crippen LogP contribution in [0, 0.1) is 0 Å². The minimum atomic E-state index is -0.336. The van der Waals surface area contributed by atoms with Crippen LogP contribution in [0.5, 0.6) is 0 Å². The maximum Gasteiger partial charge on any atom is 0.291 e. The van der Waals surface area contributed by atoms with Gasteiger partial charge in [0.1, 0.15) is 5.76 Å². The summed E-state index contributed by atoms with van der Waals surface area (Å²) in [5, 5.41) is 5.65. The Morgan fingerprint density at radius 1 is 0.879 bits per heavy atom. The lowest BCUT2D eigenvalue weighted by atomic mass is 10.1. The number of para-hydroxylation sites is 1. The van der Waals surface area contributed by atoms with Crippen molar-refractivity contribution in [2.75, 3.05) is 15.5 Å². The molecule has 1 aliphatic rings. The van der Waals surface area contributed by atoms with Crippen LogP contribution in [0.15, 0.2) is 88.1 Å². The second-order valence-electron chi connectivity index (χ2n) is 8.03. The molecule has 7 nitrogen and oxygen atoms in total. The van der Waals surface area contributed by atoms with Crippen molar-refractivity contribution in [2.24, 2.45) is 0 Å². The average Bonchev–Trinajstić information content (AvgIpc) is 3.56. The molecule has 7 heteroatoms. The smallest absolute Gasteiger partial charge is 0.291 e. The van der Waals surface area contributed by atoms with E-state index < -0.39 is 0 Å². The summed E-state index contributed by atoms with van der Waals surface area (Å²) in [6, 6.07) is 20.5. The number of fused-ring (bicyclic) bond motifs is 1. The van der Waals surface area contributed by atoms with Gasteiger partial charge in [-0.25, -0.2) is 0 Å². The number of carbonyl (C=O) groups excluding carboxylic acids is 2. The number of nitrogens with one attached hydrogen (secondary N) is 2. The molecule has 2 aromatic carbocycles. The summed E-state index contributed by atoms with van der Waals surface area (Å²) >= 11 is 0. The number of rotatable bonds is 6. The van der Waals surface area contributed by atoms with E-state index in [1.807, 2.05) is 6.07 Å². The topological polar surface area (TPSA) is 87.7 Å². The van der Waals surface area contributed by atoms with E-state index in [0.29, 0.717) is 35.3 Å². The van der Waals surface area contributed by atoms with Gasteiger partial charge in [-0.1, -0.05) is 18.2 Å². The van der Waals surface area contributed by atoms with Crippen molar-refractivity contribution in [1.82, 2.24) is 0 Å². The van der Waals surface area contributed by atoms with Gasteiger partial charge in [-0.05, 0) is 67.4 Å². The van der Waals surface area contributed by atoms with Crippen LogP contribution < -0.4 is 15.5 Å². The van der Waals surface area contributed by atoms with Gasteiger partial charge in [-0.2, -0.15) is 0 Å². The molecule has 33 heavy (non-hydrogen) atoms. The fourth-order valence-electron chi connectivity index (χ4n) is 4.13. The lowest BCUT2D eigenvalue weighted by Gasteiger charge is -2.24. The summed E-state index contributed by atoms with van der Waals surface area (Å²) in [6.45, 7) is 2.70. The van der Waals surface area contributed by atoms with E-state index in [4.69, 9.17) is 8.83 Å². The Kier molecular flexibility index (Phi) is 5.44. The Balaban J connectivity index is 1.25. The SMILES string of the molecule is CC1Cc2ccccc2N1Cc1occc1C(=O)Nc1ccc(NC(=O)c2ccco2)cc1. The summed E-state index contributed by atoms with van der Waals surface area (Å²) in [5.74, 6) is 0.275. The average molecular weight is 441 g/mol. The predicted molar refractivity (Wildman–Crippen MR) is 126 cm³/mol. The fourth-order valence-corrected chi connectivity index (χ4v) is 4.13. The van der Waals surface area contributed by atoms with Crippen molar-refractivity contribution in [3.8, 4) is 0 Å². The third kappa shape index (κ3) is 4.25. The number of nitrogens with zero attached hydrogens (tertiary/aromatic N) is 1. The maximum atomic E-state index is 12.9. The van der Waals surface area contributed by atoms with E-state index in [9.17, 15) is 9.59 Å². The zero-order valence-corrected chi connectivity index (χ0v) is 18.1. The van der Waals surface area contributed by atoms with Crippen LogP contribution in [0.3, 0.4) is 0 Å². The third-order valence-corrected chi connectivity index (χ3v) is 5.80. The quantitative estimate of drug-likeness (QED) is 0.422. The minimum absolute atomic E-state index is 0.231. The van der Waals surface area contributed by atoms with Gasteiger partial charge < -0.3 is 24.4 Å². The molecule has 0 saturated heterocycles. The maximum absolute atomic E-state index is 12.9. The van der Waals surface area contributed by atoms with Gasteiger partial charge in [-0.15, -0.1) is 0 Å². The van der Waals surface area contributed by atoms with Crippen LogP contribution >= 0.6 is 0 Å². The van der Waals surface area contributed by atoms with E-state index in [1.165, 1.54) is 17.5 Å². The Labute approximate surface area is 191 Å². The van der Waals surface area contributed by atoms with Crippen LogP contribution in [0.25, 0.3) is 0 Å².